The monoisotopic (exact) mass is 248 g/mol. The van der Waals surface area contributed by atoms with Crippen molar-refractivity contribution >= 4 is 21.6 Å². The molecule has 2 aromatic rings. The number of hydrogen-bond donors (Lipinski definition) is 0. The largest absolute Gasteiger partial charge is 0.477 e. The Balaban J connectivity index is 2.18. The smallest absolute Gasteiger partial charge is 0.225 e. The highest BCUT2D eigenvalue weighted by Gasteiger charge is 2.23. The molecule has 1 aliphatic carbocycles. The summed E-state index contributed by atoms with van der Waals surface area (Å²) in [5, 5.41) is 1.17. The first-order valence-corrected chi connectivity index (χ1v) is 6.99. The lowest BCUT2D eigenvalue weighted by Gasteiger charge is -2.18. The Kier molecular flexibility index (Phi) is 2.74. The molecule has 0 aromatic carbocycles. The summed E-state index contributed by atoms with van der Waals surface area (Å²) in [6.45, 7) is 4.98. The van der Waals surface area contributed by atoms with E-state index in [0.29, 0.717) is 6.61 Å². The van der Waals surface area contributed by atoms with Crippen LogP contribution < -0.4 is 4.74 Å². The van der Waals surface area contributed by atoms with Gasteiger partial charge in [0, 0.05) is 4.88 Å². The summed E-state index contributed by atoms with van der Waals surface area (Å²) in [4.78, 5) is 11.2. The van der Waals surface area contributed by atoms with Gasteiger partial charge in [-0.25, -0.2) is 9.97 Å². The number of rotatable bonds is 2. The fourth-order valence-electron chi connectivity index (χ4n) is 2.49. The van der Waals surface area contributed by atoms with Crippen LogP contribution in [-0.4, -0.2) is 16.6 Å². The molecule has 1 aliphatic rings. The number of fused-ring (bicyclic) bond motifs is 3. The van der Waals surface area contributed by atoms with E-state index >= 15 is 0 Å². The fraction of sp³-hybridized carbons (Fsp3) is 0.538. The molecular formula is C13H16N2OS. The molecule has 0 saturated carbocycles. The Morgan fingerprint density at radius 3 is 3.18 bits per heavy atom. The van der Waals surface area contributed by atoms with Crippen LogP contribution >= 0.6 is 11.3 Å². The van der Waals surface area contributed by atoms with Crippen LogP contribution in [0.15, 0.2) is 6.33 Å². The molecule has 0 amide bonds. The quantitative estimate of drug-likeness (QED) is 0.818. The van der Waals surface area contributed by atoms with Gasteiger partial charge in [0.2, 0.25) is 5.88 Å². The van der Waals surface area contributed by atoms with E-state index in [1.807, 2.05) is 18.3 Å². The average Bonchev–Trinajstić information content (AvgIpc) is 2.67. The van der Waals surface area contributed by atoms with E-state index in [1.165, 1.54) is 28.7 Å². The maximum Gasteiger partial charge on any atom is 0.225 e. The number of aryl methyl sites for hydroxylation is 1. The lowest BCUT2D eigenvalue weighted by Crippen LogP contribution is -2.08. The highest BCUT2D eigenvalue weighted by molar-refractivity contribution is 7.18. The van der Waals surface area contributed by atoms with Gasteiger partial charge in [-0.2, -0.15) is 0 Å². The van der Waals surface area contributed by atoms with Crippen molar-refractivity contribution in [1.82, 2.24) is 9.97 Å². The molecule has 2 heterocycles. The first-order valence-electron chi connectivity index (χ1n) is 6.17. The van der Waals surface area contributed by atoms with E-state index in [9.17, 15) is 0 Å². The Morgan fingerprint density at radius 2 is 2.35 bits per heavy atom. The van der Waals surface area contributed by atoms with Crippen molar-refractivity contribution in [3.8, 4) is 5.88 Å². The lowest BCUT2D eigenvalue weighted by molar-refractivity contribution is 0.330. The number of thiophene rings is 1. The van der Waals surface area contributed by atoms with Gasteiger partial charge < -0.3 is 4.74 Å². The first-order chi connectivity index (χ1) is 8.29. The SMILES string of the molecule is CCOc1ncnc2sc3c(c12)CCC(C)C3. The number of ether oxygens (including phenoxy) is 1. The summed E-state index contributed by atoms with van der Waals surface area (Å²) >= 11 is 1.81. The molecule has 0 bridgehead atoms. The zero-order valence-corrected chi connectivity index (χ0v) is 11.0. The van der Waals surface area contributed by atoms with Gasteiger partial charge >= 0.3 is 0 Å². The van der Waals surface area contributed by atoms with Crippen molar-refractivity contribution in [2.75, 3.05) is 6.61 Å². The van der Waals surface area contributed by atoms with Crippen molar-refractivity contribution in [3.63, 3.8) is 0 Å². The van der Waals surface area contributed by atoms with E-state index in [1.54, 1.807) is 6.33 Å². The second-order valence-electron chi connectivity index (χ2n) is 4.64. The van der Waals surface area contributed by atoms with Crippen molar-refractivity contribution in [2.24, 2.45) is 5.92 Å². The summed E-state index contributed by atoms with van der Waals surface area (Å²) in [7, 11) is 0. The summed E-state index contributed by atoms with van der Waals surface area (Å²) in [6, 6.07) is 0. The van der Waals surface area contributed by atoms with Gasteiger partial charge in [0.25, 0.3) is 0 Å². The fourth-order valence-corrected chi connectivity index (χ4v) is 3.83. The minimum atomic E-state index is 0.660. The van der Waals surface area contributed by atoms with E-state index < -0.39 is 0 Å². The molecule has 3 rings (SSSR count). The Bertz CT molecular complexity index is 550. The van der Waals surface area contributed by atoms with Crippen LogP contribution in [0, 0.1) is 5.92 Å². The molecule has 1 unspecified atom stereocenters. The normalized spacial score (nSPS) is 19.3. The maximum atomic E-state index is 5.63. The van der Waals surface area contributed by atoms with Crippen LogP contribution in [-0.2, 0) is 12.8 Å². The number of aromatic nitrogens is 2. The zero-order chi connectivity index (χ0) is 11.8. The number of hydrogen-bond acceptors (Lipinski definition) is 4. The molecule has 0 radical (unpaired) electrons. The van der Waals surface area contributed by atoms with Crippen molar-refractivity contribution in [2.45, 2.75) is 33.1 Å². The summed E-state index contributed by atoms with van der Waals surface area (Å²) < 4.78 is 5.63. The second-order valence-corrected chi connectivity index (χ2v) is 5.73. The predicted molar refractivity (Wildman–Crippen MR) is 69.8 cm³/mol. The molecule has 2 aromatic heterocycles. The van der Waals surface area contributed by atoms with Gasteiger partial charge in [0.15, 0.2) is 0 Å². The molecule has 4 heteroatoms. The minimum absolute atomic E-state index is 0.660. The van der Waals surface area contributed by atoms with Gasteiger partial charge in [-0.05, 0) is 37.7 Å². The molecule has 3 nitrogen and oxygen atoms in total. The van der Waals surface area contributed by atoms with Crippen molar-refractivity contribution in [1.29, 1.82) is 0 Å². The third-order valence-electron chi connectivity index (χ3n) is 3.34. The lowest BCUT2D eigenvalue weighted by atomic mass is 9.89. The predicted octanol–water partition coefficient (Wildman–Crippen LogP) is 3.21. The van der Waals surface area contributed by atoms with Gasteiger partial charge in [0.05, 0.1) is 12.0 Å². The standard InChI is InChI=1S/C13H16N2OS/c1-3-16-12-11-9-5-4-8(2)6-10(9)17-13(11)15-7-14-12/h7-8H,3-6H2,1-2H3. The van der Waals surface area contributed by atoms with Crippen LogP contribution in [0.5, 0.6) is 5.88 Å². The van der Waals surface area contributed by atoms with Gasteiger partial charge in [-0.15, -0.1) is 11.3 Å². The van der Waals surface area contributed by atoms with E-state index in [2.05, 4.69) is 16.9 Å². The zero-order valence-electron chi connectivity index (χ0n) is 10.2. The Morgan fingerprint density at radius 1 is 1.47 bits per heavy atom. The van der Waals surface area contributed by atoms with Gasteiger partial charge in [-0.3, -0.25) is 0 Å². The summed E-state index contributed by atoms with van der Waals surface area (Å²) in [5.74, 6) is 1.56. The Hall–Kier alpha value is -1.16. The van der Waals surface area contributed by atoms with Crippen LogP contribution in [0.25, 0.3) is 10.2 Å². The third kappa shape index (κ3) is 1.80. The first kappa shape index (κ1) is 11.0. The molecule has 0 aliphatic heterocycles. The Labute approximate surface area is 105 Å². The number of nitrogens with zero attached hydrogens (tertiary/aromatic N) is 2. The minimum Gasteiger partial charge on any atom is -0.477 e. The van der Waals surface area contributed by atoms with Gasteiger partial charge in [-0.1, -0.05) is 6.92 Å². The van der Waals surface area contributed by atoms with Crippen molar-refractivity contribution < 1.29 is 4.74 Å². The molecule has 0 saturated heterocycles. The molecule has 1 atom stereocenters. The maximum absolute atomic E-state index is 5.63. The van der Waals surface area contributed by atoms with Crippen LogP contribution in [0.3, 0.4) is 0 Å². The molecule has 0 fully saturated rings. The third-order valence-corrected chi connectivity index (χ3v) is 4.50. The molecule has 0 spiro atoms. The van der Waals surface area contributed by atoms with Crippen LogP contribution in [0.1, 0.15) is 30.7 Å². The van der Waals surface area contributed by atoms with Crippen molar-refractivity contribution in [3.05, 3.63) is 16.8 Å². The highest BCUT2D eigenvalue weighted by Crippen LogP contribution is 2.40. The van der Waals surface area contributed by atoms with Gasteiger partial charge in [0.1, 0.15) is 11.2 Å². The van der Waals surface area contributed by atoms with Crippen LogP contribution in [0.2, 0.25) is 0 Å². The summed E-state index contributed by atoms with van der Waals surface area (Å²) in [6.07, 6.45) is 5.20. The highest BCUT2D eigenvalue weighted by atomic mass is 32.1. The molecule has 0 N–H and O–H groups in total. The topological polar surface area (TPSA) is 35.0 Å². The average molecular weight is 248 g/mol. The molecule has 90 valence electrons. The van der Waals surface area contributed by atoms with E-state index in [-0.39, 0.29) is 0 Å². The van der Waals surface area contributed by atoms with E-state index in [4.69, 9.17) is 4.74 Å². The molecule has 17 heavy (non-hydrogen) atoms. The summed E-state index contributed by atoms with van der Waals surface area (Å²) in [5.41, 5.74) is 1.44. The second kappa shape index (κ2) is 4.26. The molecular weight excluding hydrogens is 232 g/mol. The van der Waals surface area contributed by atoms with Crippen LogP contribution in [0.4, 0.5) is 0 Å². The van der Waals surface area contributed by atoms with E-state index in [0.717, 1.165) is 23.0 Å².